The van der Waals surface area contributed by atoms with Crippen LogP contribution in [0.2, 0.25) is 0 Å². The van der Waals surface area contributed by atoms with Crippen LogP contribution in [0.1, 0.15) is 60.8 Å². The van der Waals surface area contributed by atoms with E-state index in [9.17, 15) is 18.0 Å². The summed E-state index contributed by atoms with van der Waals surface area (Å²) in [5, 5.41) is 2.61. The predicted molar refractivity (Wildman–Crippen MR) is 349 cm³/mol. The summed E-state index contributed by atoms with van der Waals surface area (Å²) < 4.78 is 74.4. The number of hydrogen-bond donors (Lipinski definition) is 3. The molecule has 0 spiro atoms. The van der Waals surface area contributed by atoms with Crippen LogP contribution < -0.4 is 36.9 Å². The molecule has 27 heteroatoms. The van der Waals surface area contributed by atoms with E-state index in [4.69, 9.17) is 35.0 Å². The molecule has 1 amide bonds. The largest absolute Gasteiger partial charge is 0.496 e. The third kappa shape index (κ3) is 14.6. The van der Waals surface area contributed by atoms with E-state index in [2.05, 4.69) is 93.6 Å². The normalized spacial score (nSPS) is 16.4. The second-order valence-electron chi connectivity index (χ2n) is 23.2. The maximum Gasteiger partial charge on any atom is 0.496 e. The van der Waals surface area contributed by atoms with Gasteiger partial charge in [-0.1, -0.05) is 0 Å². The van der Waals surface area contributed by atoms with Gasteiger partial charge in [0.2, 0.25) is 0 Å². The molecule has 0 atom stereocenters. The molecule has 14 rings (SSSR count). The molecule has 0 bridgehead atoms. The average Bonchev–Trinajstić information content (AvgIpc) is 1.91. The fourth-order valence-corrected chi connectivity index (χ4v) is 11.3. The Hall–Kier alpha value is -8.73. The Labute approximate surface area is 533 Å². The van der Waals surface area contributed by atoms with Crippen molar-refractivity contribution in [3.05, 3.63) is 162 Å². The summed E-state index contributed by atoms with van der Waals surface area (Å²) in [4.78, 5) is 49.7. The van der Waals surface area contributed by atoms with Crippen molar-refractivity contribution in [3.8, 4) is 22.3 Å². The topological polar surface area (TPSA) is 240 Å². The van der Waals surface area contributed by atoms with Crippen molar-refractivity contribution in [2.45, 2.75) is 65.8 Å². The lowest BCUT2D eigenvalue weighted by molar-refractivity contribution is -0.137. The van der Waals surface area contributed by atoms with Crippen LogP contribution >= 0.6 is 15.9 Å². The summed E-state index contributed by atoms with van der Waals surface area (Å²) in [7, 11) is -0.393. The predicted octanol–water partition coefficient (Wildman–Crippen LogP) is 9.54. The average molecular weight is 1310 g/mol. The number of aromatic nitrogens is 10. The van der Waals surface area contributed by atoms with Crippen LogP contribution in [-0.4, -0.2) is 151 Å². The lowest BCUT2D eigenvalue weighted by Crippen LogP contribution is -2.41. The number of halogens is 4. The van der Waals surface area contributed by atoms with E-state index in [-0.39, 0.29) is 16.9 Å². The number of aryl methyl sites for hydroxylation is 3. The number of nitrogens with one attached hydrogen (secondary N) is 1. The maximum atomic E-state index is 13.0. The van der Waals surface area contributed by atoms with Crippen LogP contribution in [0.15, 0.2) is 134 Å². The minimum absolute atomic E-state index is 0.337. The fourth-order valence-electron chi connectivity index (χ4n) is 10.9. The molecule has 22 nitrogen and oxygen atoms in total. The Morgan fingerprint density at radius 2 is 1.00 bits per heavy atom. The molecule has 4 fully saturated rings. The number of amides is 1. The Bertz CT molecular complexity index is 4210. The summed E-state index contributed by atoms with van der Waals surface area (Å²) in [6.45, 7) is 23.3. The standard InChI is InChI=1S/C24H21F3N6O2.C17H19N5O.C12H19BN2O2.C11H12BrN3O/c1-15-19(16-10-21(32-6-8-35-9-7-32)22-29-4-5-33(22)14-16)12-18(13-30-15)31-23(34)20-11-17(2-3-28-20)24(25,26)27;1-12-15(9-14(18)10-20-12)13-8-16(21-4-6-23-7-5-21)17-19-2-3-22(17)11-13;1-8-10(6-9(14)7-15-8)13-16-11(2,3)12(4,5)17-13;12-9-7-10(14-3-5-16-6-4-14)11-13-1-2-15(11)8-9/h2-5,10-14H,6-9H2,1H3,(H,31,34);2-3,8-11H,4-7,18H2,1H3;6-7H,14H2,1-5H3;1-2,7-8H,3-6H2. The monoisotopic (exact) mass is 1310 g/mol. The second-order valence-corrected chi connectivity index (χ2v) is 24.1. The number of alkyl halides is 3. The zero-order valence-corrected chi connectivity index (χ0v) is 53.2. The summed E-state index contributed by atoms with van der Waals surface area (Å²) in [5.41, 5.74) is 24.7. The van der Waals surface area contributed by atoms with Crippen LogP contribution in [0, 0.1) is 20.8 Å². The highest BCUT2D eigenvalue weighted by atomic mass is 79.9. The van der Waals surface area contributed by atoms with Crippen LogP contribution in [0.5, 0.6) is 0 Å². The number of ether oxygens (including phenoxy) is 3. The van der Waals surface area contributed by atoms with Crippen molar-refractivity contribution in [2.24, 2.45) is 0 Å². The lowest BCUT2D eigenvalue weighted by atomic mass is 9.78. The van der Waals surface area contributed by atoms with Gasteiger partial charge in [0, 0.05) is 162 Å². The third-order valence-electron chi connectivity index (χ3n) is 16.5. The number of nitrogens with zero attached hydrogens (tertiary/aromatic N) is 13. The molecule has 0 unspecified atom stereocenters. The van der Waals surface area contributed by atoms with E-state index in [1.54, 1.807) is 24.7 Å². The smallest absolute Gasteiger partial charge is 0.399 e. The Morgan fingerprint density at radius 1 is 0.560 bits per heavy atom. The van der Waals surface area contributed by atoms with Crippen LogP contribution in [0.25, 0.3) is 39.2 Å². The first-order valence-electron chi connectivity index (χ1n) is 29.7. The van der Waals surface area contributed by atoms with Gasteiger partial charge in [0.15, 0.2) is 16.9 Å². The van der Waals surface area contributed by atoms with E-state index in [1.807, 2.05) is 119 Å². The molecule has 474 valence electrons. The van der Waals surface area contributed by atoms with Crippen LogP contribution in [-0.2, 0) is 29.7 Å². The number of pyridine rings is 7. The van der Waals surface area contributed by atoms with Crippen LogP contribution in [0.4, 0.5) is 47.3 Å². The van der Waals surface area contributed by atoms with E-state index in [0.717, 1.165) is 162 Å². The zero-order valence-electron chi connectivity index (χ0n) is 51.6. The Kier molecular flexibility index (Phi) is 18.9. The molecule has 0 radical (unpaired) electrons. The van der Waals surface area contributed by atoms with Crippen molar-refractivity contribution >= 4 is 85.5 Å². The first-order chi connectivity index (χ1) is 43.6. The van der Waals surface area contributed by atoms with Gasteiger partial charge >= 0.3 is 13.3 Å². The van der Waals surface area contributed by atoms with Gasteiger partial charge in [0.1, 0.15) is 5.69 Å². The Morgan fingerprint density at radius 3 is 1.49 bits per heavy atom. The molecule has 14 heterocycles. The minimum Gasteiger partial charge on any atom is -0.399 e. The van der Waals surface area contributed by atoms with Crippen molar-refractivity contribution in [3.63, 3.8) is 0 Å². The molecule has 4 saturated heterocycles. The molecule has 0 aromatic carbocycles. The summed E-state index contributed by atoms with van der Waals surface area (Å²) >= 11 is 3.53. The first kappa shape index (κ1) is 63.8. The number of fused-ring (bicyclic) bond motifs is 3. The number of carbonyl (C=O) groups is 1. The van der Waals surface area contributed by atoms with Crippen molar-refractivity contribution in [1.82, 2.24) is 48.1 Å². The van der Waals surface area contributed by atoms with Crippen molar-refractivity contribution in [2.75, 3.05) is 110 Å². The highest BCUT2D eigenvalue weighted by Gasteiger charge is 2.52. The summed E-state index contributed by atoms with van der Waals surface area (Å²) in [6, 6.07) is 13.4. The van der Waals surface area contributed by atoms with E-state index < -0.39 is 24.8 Å². The number of carbonyl (C=O) groups excluding carboxylic acids is 1. The summed E-state index contributed by atoms with van der Waals surface area (Å²) in [5.74, 6) is -0.758. The van der Waals surface area contributed by atoms with Gasteiger partial charge in [-0.2, -0.15) is 13.2 Å². The first-order valence-corrected chi connectivity index (χ1v) is 30.5. The number of morpholine rings is 3. The molecule has 0 saturated carbocycles. The maximum absolute atomic E-state index is 13.0. The molecule has 10 aromatic heterocycles. The number of anilines is 6. The summed E-state index contributed by atoms with van der Waals surface area (Å²) in [6.07, 6.45) is 18.4. The highest BCUT2D eigenvalue weighted by Crippen LogP contribution is 2.38. The fraction of sp³-hybridized carbons (Fsp3) is 0.344. The molecule has 91 heavy (non-hydrogen) atoms. The van der Waals surface area contributed by atoms with Crippen molar-refractivity contribution < 1.29 is 41.5 Å². The molecule has 5 N–H and O–H groups in total. The number of nitrogen functional groups attached to an aromatic ring is 2. The number of nitrogens with two attached hydrogens (primary N) is 2. The lowest BCUT2D eigenvalue weighted by Gasteiger charge is -2.32. The van der Waals surface area contributed by atoms with Gasteiger partial charge in [-0.3, -0.25) is 24.7 Å². The minimum atomic E-state index is -4.57. The second kappa shape index (κ2) is 27.0. The highest BCUT2D eigenvalue weighted by molar-refractivity contribution is 9.10. The molecule has 4 aliphatic rings. The zero-order chi connectivity index (χ0) is 64.2. The van der Waals surface area contributed by atoms with E-state index >= 15 is 0 Å². The van der Waals surface area contributed by atoms with Gasteiger partial charge in [-0.05, 0) is 113 Å². The third-order valence-corrected chi connectivity index (χ3v) is 16.9. The Balaban J connectivity index is 0.000000131. The molecular weight excluding hydrogens is 1240 g/mol. The van der Waals surface area contributed by atoms with E-state index in [0.29, 0.717) is 30.3 Å². The van der Waals surface area contributed by atoms with Gasteiger partial charge in [-0.15, -0.1) is 0 Å². The quantitative estimate of drug-likeness (QED) is 0.120. The SMILES string of the molecule is Brc1cc(N2CCOCC2)c2nccn2c1.Cc1ncc(N)cc1-c1cc(N2CCOCC2)c2nccn2c1.Cc1ncc(N)cc1B1OC(C)(C)C(C)(C)O1.Cc1ncc(NC(=O)c2cc(C(F)(F)F)ccn2)cc1-c1cc(N2CCOCC2)c2nccn2c1. The van der Waals surface area contributed by atoms with Gasteiger partial charge in [-0.25, -0.2) is 15.0 Å². The number of imidazole rings is 3. The molecule has 4 aliphatic heterocycles. The van der Waals surface area contributed by atoms with Crippen molar-refractivity contribution in [1.29, 1.82) is 0 Å². The van der Waals surface area contributed by atoms with Gasteiger partial charge in [0.25, 0.3) is 5.91 Å². The molecule has 10 aromatic rings. The molecule has 0 aliphatic carbocycles. The molecular formula is C64H71BBrF3N16O6. The van der Waals surface area contributed by atoms with E-state index in [1.165, 1.54) is 11.9 Å². The number of rotatable bonds is 8. The van der Waals surface area contributed by atoms with Gasteiger partial charge < -0.3 is 68.2 Å². The number of hydrogen-bond acceptors (Lipinski definition) is 18. The van der Waals surface area contributed by atoms with Crippen LogP contribution in [0.3, 0.4) is 0 Å². The van der Waals surface area contributed by atoms with Gasteiger partial charge in [0.05, 0.1) is 97.2 Å².